The topological polar surface area (TPSA) is 41.1 Å². The average molecular weight is 290 g/mol. The fourth-order valence-electron chi connectivity index (χ4n) is 0.891. The fraction of sp³-hybridized carbons (Fsp3) is 0.375. The summed E-state index contributed by atoms with van der Waals surface area (Å²) in [5.74, 6) is -0.187. The predicted molar refractivity (Wildman–Crippen MR) is 67.8 cm³/mol. The van der Waals surface area contributed by atoms with Crippen LogP contribution in [-0.2, 0) is 0 Å². The first-order chi connectivity index (χ1) is 6.65. The van der Waals surface area contributed by atoms with Gasteiger partial charge in [0.25, 0.3) is 5.91 Å². The molecule has 1 aromatic heterocycles. The van der Waals surface area contributed by atoms with Gasteiger partial charge in [-0.2, -0.15) is 0 Å². The van der Waals surface area contributed by atoms with Gasteiger partial charge in [-0.3, -0.25) is 4.79 Å². The number of halogens is 3. The molecule has 0 bridgehead atoms. The van der Waals surface area contributed by atoms with E-state index in [0.29, 0.717) is 20.8 Å². The quantitative estimate of drug-likeness (QED) is 0.836. The Labute approximate surface area is 109 Å². The molecule has 2 N–H and O–H groups in total. The molecule has 86 valence electrons. The Morgan fingerprint density at radius 1 is 1.47 bits per heavy atom. The van der Waals surface area contributed by atoms with Crippen LogP contribution >= 0.6 is 46.9 Å². The number of carbonyl (C=O) groups excluding carboxylic acids is 1. The minimum atomic E-state index is -0.187. The third-order valence-electron chi connectivity index (χ3n) is 1.56. The molecule has 7 heteroatoms. The highest BCUT2D eigenvalue weighted by Gasteiger charge is 2.12. The van der Waals surface area contributed by atoms with Crippen LogP contribution in [0.1, 0.15) is 10.4 Å². The number of carbonyl (C=O) groups is 1. The van der Waals surface area contributed by atoms with Gasteiger partial charge in [0.15, 0.2) is 0 Å². The van der Waals surface area contributed by atoms with Crippen LogP contribution in [-0.4, -0.2) is 26.0 Å². The lowest BCUT2D eigenvalue weighted by molar-refractivity contribution is 0.0955. The summed E-state index contributed by atoms with van der Waals surface area (Å²) < 4.78 is 0.950. The second-order valence-corrected chi connectivity index (χ2v) is 4.88. The second-order valence-electron chi connectivity index (χ2n) is 2.60. The van der Waals surface area contributed by atoms with E-state index >= 15 is 0 Å². The van der Waals surface area contributed by atoms with Gasteiger partial charge >= 0.3 is 0 Å². The first-order valence-electron chi connectivity index (χ1n) is 4.02. The summed E-state index contributed by atoms with van der Waals surface area (Å²) in [5, 5.41) is 5.64. The first-order valence-corrected chi connectivity index (χ1v) is 5.60. The molecule has 0 spiro atoms. The van der Waals surface area contributed by atoms with Gasteiger partial charge in [-0.05, 0) is 13.1 Å². The molecule has 0 saturated carbocycles. The fourth-order valence-corrected chi connectivity index (χ4v) is 2.35. The number of nitrogens with one attached hydrogen (secondary N) is 2. The van der Waals surface area contributed by atoms with E-state index in [1.807, 2.05) is 7.05 Å². The molecule has 1 aromatic rings. The highest BCUT2D eigenvalue weighted by Crippen LogP contribution is 2.30. The zero-order chi connectivity index (χ0) is 10.6. The van der Waals surface area contributed by atoms with Crippen molar-refractivity contribution in [3.63, 3.8) is 0 Å². The van der Waals surface area contributed by atoms with E-state index in [1.54, 1.807) is 6.07 Å². The van der Waals surface area contributed by atoms with Crippen molar-refractivity contribution in [3.8, 4) is 0 Å². The Bertz CT molecular complexity index is 330. The molecule has 0 aliphatic carbocycles. The molecule has 0 saturated heterocycles. The van der Waals surface area contributed by atoms with E-state index in [2.05, 4.69) is 10.6 Å². The second kappa shape index (κ2) is 7.30. The first kappa shape index (κ1) is 15.0. The molecule has 1 amide bonds. The highest BCUT2D eigenvalue weighted by atomic mass is 35.5. The maximum Gasteiger partial charge on any atom is 0.253 e. The predicted octanol–water partition coefficient (Wildman–Crippen LogP) is 2.43. The minimum absolute atomic E-state index is 0. The van der Waals surface area contributed by atoms with Crippen LogP contribution in [0.2, 0.25) is 8.67 Å². The molecule has 0 fully saturated rings. The van der Waals surface area contributed by atoms with Crippen LogP contribution in [0.25, 0.3) is 0 Å². The van der Waals surface area contributed by atoms with Crippen molar-refractivity contribution < 1.29 is 4.79 Å². The molecule has 1 heterocycles. The molecular formula is C8H11Cl3N2OS. The van der Waals surface area contributed by atoms with Gasteiger partial charge < -0.3 is 10.6 Å². The third kappa shape index (κ3) is 4.57. The van der Waals surface area contributed by atoms with E-state index in [1.165, 1.54) is 11.3 Å². The van der Waals surface area contributed by atoms with Crippen LogP contribution in [0.3, 0.4) is 0 Å². The van der Waals surface area contributed by atoms with E-state index in [0.717, 1.165) is 6.54 Å². The van der Waals surface area contributed by atoms with Gasteiger partial charge in [-0.15, -0.1) is 23.7 Å². The molecule has 15 heavy (non-hydrogen) atoms. The lowest BCUT2D eigenvalue weighted by Crippen LogP contribution is -2.30. The summed E-state index contributed by atoms with van der Waals surface area (Å²) in [6, 6.07) is 1.57. The summed E-state index contributed by atoms with van der Waals surface area (Å²) in [4.78, 5) is 11.5. The van der Waals surface area contributed by atoms with Crippen molar-refractivity contribution in [1.29, 1.82) is 0 Å². The summed E-state index contributed by atoms with van der Waals surface area (Å²) in [5.41, 5.74) is 0.442. The van der Waals surface area contributed by atoms with Gasteiger partial charge in [-0.25, -0.2) is 0 Å². The van der Waals surface area contributed by atoms with Gasteiger partial charge in [0.1, 0.15) is 4.34 Å². The van der Waals surface area contributed by atoms with Gasteiger partial charge in [0, 0.05) is 13.1 Å². The SMILES string of the molecule is CNCCNC(=O)c1cc(Cl)sc1Cl.Cl. The van der Waals surface area contributed by atoms with E-state index < -0.39 is 0 Å². The summed E-state index contributed by atoms with van der Waals surface area (Å²) in [7, 11) is 1.82. The molecule has 3 nitrogen and oxygen atoms in total. The Morgan fingerprint density at radius 3 is 2.60 bits per heavy atom. The highest BCUT2D eigenvalue weighted by molar-refractivity contribution is 7.20. The van der Waals surface area contributed by atoms with Crippen molar-refractivity contribution in [1.82, 2.24) is 10.6 Å². The molecule has 0 aliphatic heterocycles. The van der Waals surface area contributed by atoms with Crippen LogP contribution in [0.15, 0.2) is 6.07 Å². The number of amides is 1. The standard InChI is InChI=1S/C8H10Cl2N2OS.ClH/c1-11-2-3-12-8(13)5-4-6(9)14-7(5)10;/h4,11H,2-3H2,1H3,(H,12,13);1H. The molecule has 0 aromatic carbocycles. The van der Waals surface area contributed by atoms with Crippen LogP contribution in [0, 0.1) is 0 Å². The summed E-state index contributed by atoms with van der Waals surface area (Å²) >= 11 is 12.7. The van der Waals surface area contributed by atoms with E-state index in [-0.39, 0.29) is 18.3 Å². The lowest BCUT2D eigenvalue weighted by atomic mass is 10.3. The minimum Gasteiger partial charge on any atom is -0.351 e. The number of hydrogen-bond acceptors (Lipinski definition) is 3. The third-order valence-corrected chi connectivity index (χ3v) is 3.05. The molecule has 0 radical (unpaired) electrons. The maximum atomic E-state index is 11.5. The Balaban J connectivity index is 0.00000196. The Morgan fingerprint density at radius 2 is 2.13 bits per heavy atom. The smallest absolute Gasteiger partial charge is 0.253 e. The maximum absolute atomic E-state index is 11.5. The number of thiophene rings is 1. The van der Waals surface area contributed by atoms with Crippen molar-refractivity contribution in [2.45, 2.75) is 0 Å². The number of likely N-dealkylation sites (N-methyl/N-ethyl adjacent to an activating group) is 1. The normalized spacial score (nSPS) is 9.53. The number of rotatable bonds is 4. The zero-order valence-electron chi connectivity index (χ0n) is 7.97. The van der Waals surface area contributed by atoms with Crippen LogP contribution in [0.4, 0.5) is 0 Å². The zero-order valence-corrected chi connectivity index (χ0v) is 11.1. The average Bonchev–Trinajstić information content (AvgIpc) is 2.45. The van der Waals surface area contributed by atoms with Crippen LogP contribution in [0.5, 0.6) is 0 Å². The van der Waals surface area contributed by atoms with Gasteiger partial charge in [0.2, 0.25) is 0 Å². The van der Waals surface area contributed by atoms with Crippen molar-refractivity contribution in [2.24, 2.45) is 0 Å². The Hall–Kier alpha value is -0.000000000000000222. The molecular weight excluding hydrogens is 279 g/mol. The molecule has 0 unspecified atom stereocenters. The van der Waals surface area contributed by atoms with Gasteiger partial charge in [0.05, 0.1) is 9.90 Å². The molecule has 0 atom stereocenters. The molecule has 0 aliphatic rings. The van der Waals surface area contributed by atoms with E-state index in [4.69, 9.17) is 23.2 Å². The van der Waals surface area contributed by atoms with Crippen molar-refractivity contribution in [3.05, 3.63) is 20.3 Å². The van der Waals surface area contributed by atoms with Gasteiger partial charge in [-0.1, -0.05) is 23.2 Å². The largest absolute Gasteiger partial charge is 0.351 e. The summed E-state index contributed by atoms with van der Waals surface area (Å²) in [6.07, 6.45) is 0. The monoisotopic (exact) mass is 288 g/mol. The van der Waals surface area contributed by atoms with Crippen molar-refractivity contribution >= 4 is 52.9 Å². The summed E-state index contributed by atoms with van der Waals surface area (Å²) in [6.45, 7) is 1.29. The van der Waals surface area contributed by atoms with Crippen molar-refractivity contribution in [2.75, 3.05) is 20.1 Å². The van der Waals surface area contributed by atoms with E-state index in [9.17, 15) is 4.79 Å². The Kier molecular flexibility index (Phi) is 7.30. The number of hydrogen-bond donors (Lipinski definition) is 2. The van der Waals surface area contributed by atoms with Crippen LogP contribution < -0.4 is 10.6 Å². The lowest BCUT2D eigenvalue weighted by Gasteiger charge is -2.02. The molecule has 1 rings (SSSR count).